The van der Waals surface area contributed by atoms with Crippen molar-refractivity contribution < 1.29 is 27.9 Å². The molecule has 0 fully saturated rings. The minimum Gasteiger partial charge on any atom is -0.444 e. The summed E-state index contributed by atoms with van der Waals surface area (Å²) in [4.78, 5) is 0. The van der Waals surface area contributed by atoms with E-state index in [-0.39, 0.29) is 13.2 Å². The van der Waals surface area contributed by atoms with Crippen molar-refractivity contribution in [2.75, 3.05) is 19.0 Å². The number of aliphatic hydroxyl groups excluding tert-OH is 2. The van der Waals surface area contributed by atoms with E-state index in [2.05, 4.69) is 10.7 Å². The zero-order valence-electron chi connectivity index (χ0n) is 6.67. The molecule has 0 bridgehead atoms. The third kappa shape index (κ3) is 9.10. The molecule has 0 aromatic rings. The second-order valence-electron chi connectivity index (χ2n) is 2.15. The maximum absolute atomic E-state index is 10.2. The first-order chi connectivity index (χ1) is 5.95. The first-order valence-electron chi connectivity index (χ1n) is 3.29. The minimum atomic E-state index is -4.19. The lowest BCUT2D eigenvalue weighted by Gasteiger charge is -2.05. The summed E-state index contributed by atoms with van der Waals surface area (Å²) >= 11 is 0. The second-order valence-corrected chi connectivity index (χ2v) is 3.65. The molecule has 0 aliphatic heterocycles. The van der Waals surface area contributed by atoms with Crippen LogP contribution in [0.2, 0.25) is 0 Å². The summed E-state index contributed by atoms with van der Waals surface area (Å²) in [7, 11) is -4.19. The highest BCUT2D eigenvalue weighted by atomic mass is 32.2. The Morgan fingerprint density at radius 3 is 2.54 bits per heavy atom. The van der Waals surface area contributed by atoms with Crippen molar-refractivity contribution in [2.24, 2.45) is 0 Å². The maximum Gasteiger partial charge on any atom is 0.267 e. The average molecular weight is 210 g/mol. The van der Waals surface area contributed by atoms with Crippen molar-refractivity contribution in [3.63, 3.8) is 0 Å². The van der Waals surface area contributed by atoms with Crippen LogP contribution >= 0.6 is 0 Å². The van der Waals surface area contributed by atoms with E-state index in [0.717, 1.165) is 0 Å². The van der Waals surface area contributed by atoms with Gasteiger partial charge in [-0.05, 0) is 5.92 Å². The van der Waals surface area contributed by atoms with Crippen molar-refractivity contribution in [3.05, 3.63) is 0 Å². The van der Waals surface area contributed by atoms with E-state index >= 15 is 0 Å². The zero-order valence-corrected chi connectivity index (χ0v) is 7.49. The molecule has 0 saturated carbocycles. The van der Waals surface area contributed by atoms with Gasteiger partial charge in [-0.2, -0.15) is 8.42 Å². The number of aliphatic hydroxyl groups is 2. The summed E-state index contributed by atoms with van der Waals surface area (Å²) in [6, 6.07) is 0. The van der Waals surface area contributed by atoms with Crippen molar-refractivity contribution in [3.8, 4) is 12.0 Å². The maximum atomic E-state index is 10.2. The van der Waals surface area contributed by atoms with Gasteiger partial charge in [0.1, 0.15) is 31.2 Å². The van der Waals surface area contributed by atoms with Gasteiger partial charge in [-0.3, -0.25) is 4.55 Å². The lowest BCUT2D eigenvalue weighted by Crippen LogP contribution is -2.24. The third-order valence-electron chi connectivity index (χ3n) is 0.902. The predicted octanol–water partition coefficient (Wildman–Crippen LogP) is -1.80. The summed E-state index contributed by atoms with van der Waals surface area (Å²) in [6.07, 6.45) is 0.685. The lowest BCUT2D eigenvalue weighted by molar-refractivity contribution is 0.108. The van der Waals surface area contributed by atoms with E-state index in [1.165, 1.54) is 0 Å². The van der Waals surface area contributed by atoms with Gasteiger partial charge >= 0.3 is 0 Å². The quantitative estimate of drug-likeness (QED) is 0.374. The van der Waals surface area contributed by atoms with Crippen LogP contribution in [0.25, 0.3) is 0 Å². The molecule has 7 heteroatoms. The van der Waals surface area contributed by atoms with Crippen molar-refractivity contribution in [1.82, 2.24) is 0 Å². The molecule has 0 aromatic heterocycles. The van der Waals surface area contributed by atoms with Gasteiger partial charge in [-0.25, -0.2) is 0 Å². The zero-order chi connectivity index (χ0) is 10.3. The summed E-state index contributed by atoms with van der Waals surface area (Å²) in [5.74, 6) is 1.33. The molecular weight excluding hydrogens is 200 g/mol. The molecule has 0 aliphatic carbocycles. The van der Waals surface area contributed by atoms with Gasteiger partial charge in [0.05, 0.1) is 0 Å². The molecule has 0 aliphatic rings. The van der Waals surface area contributed by atoms with Gasteiger partial charge in [-0.15, -0.1) is 0 Å². The van der Waals surface area contributed by atoms with Crippen LogP contribution in [0.5, 0.6) is 0 Å². The van der Waals surface area contributed by atoms with Crippen LogP contribution in [0.4, 0.5) is 0 Å². The van der Waals surface area contributed by atoms with Crippen LogP contribution in [0.3, 0.4) is 0 Å². The molecule has 0 spiro atoms. The van der Waals surface area contributed by atoms with Gasteiger partial charge < -0.3 is 14.9 Å². The Morgan fingerprint density at radius 2 is 2.08 bits per heavy atom. The molecule has 0 rings (SSSR count). The molecule has 3 N–H and O–H groups in total. The highest BCUT2D eigenvalue weighted by Gasteiger charge is 2.13. The van der Waals surface area contributed by atoms with Gasteiger partial charge in [0.2, 0.25) is 0 Å². The standard InChI is InChI=1S/C6H10O6S/c7-2-1-3-12-4-6(8)5-13(9,10)11/h6-8H,2,4-5H2,(H,9,10,11). The fourth-order valence-electron chi connectivity index (χ4n) is 0.512. The van der Waals surface area contributed by atoms with Crippen molar-refractivity contribution in [1.29, 1.82) is 0 Å². The van der Waals surface area contributed by atoms with Crippen molar-refractivity contribution >= 4 is 10.1 Å². The molecule has 0 radical (unpaired) electrons. The number of ether oxygens (including phenoxy) is 1. The van der Waals surface area contributed by atoms with Crippen molar-refractivity contribution in [2.45, 2.75) is 6.10 Å². The Bertz CT molecular complexity index is 284. The smallest absolute Gasteiger partial charge is 0.267 e. The highest BCUT2D eigenvalue weighted by Crippen LogP contribution is 1.90. The van der Waals surface area contributed by atoms with Gasteiger partial charge in [0, 0.05) is 0 Å². The first kappa shape index (κ1) is 12.2. The number of rotatable bonds is 4. The summed E-state index contributed by atoms with van der Waals surface area (Å²) in [6.45, 7) is -0.721. The van der Waals surface area contributed by atoms with Gasteiger partial charge in [0.25, 0.3) is 10.1 Å². The first-order valence-corrected chi connectivity index (χ1v) is 4.90. The molecule has 0 amide bonds. The van der Waals surface area contributed by atoms with Crippen LogP contribution in [-0.2, 0) is 14.9 Å². The van der Waals surface area contributed by atoms with Crippen LogP contribution in [0.15, 0.2) is 0 Å². The summed E-state index contributed by atoms with van der Waals surface area (Å²) < 4.78 is 33.1. The monoisotopic (exact) mass is 210 g/mol. The molecule has 1 atom stereocenters. The molecule has 0 heterocycles. The lowest BCUT2D eigenvalue weighted by atomic mass is 10.4. The third-order valence-corrected chi connectivity index (χ3v) is 1.71. The minimum absolute atomic E-state index is 0.340. The Hall–Kier alpha value is -0.810. The summed E-state index contributed by atoms with van der Waals surface area (Å²) in [5, 5.41) is 17.1. The fraction of sp³-hybridized carbons (Fsp3) is 0.667. The van der Waals surface area contributed by atoms with E-state index in [0.29, 0.717) is 0 Å². The van der Waals surface area contributed by atoms with Crippen LogP contribution in [0, 0.1) is 12.0 Å². The van der Waals surface area contributed by atoms with E-state index in [1.54, 1.807) is 0 Å². The largest absolute Gasteiger partial charge is 0.444 e. The molecule has 76 valence electrons. The Balaban J connectivity index is 3.70. The molecule has 13 heavy (non-hydrogen) atoms. The van der Waals surface area contributed by atoms with Crippen LogP contribution < -0.4 is 0 Å². The Labute approximate surface area is 75.9 Å². The molecule has 0 saturated heterocycles. The Morgan fingerprint density at radius 1 is 1.46 bits per heavy atom. The van der Waals surface area contributed by atoms with Crippen LogP contribution in [0.1, 0.15) is 0 Å². The molecular formula is C6H10O6S. The number of hydrogen-bond acceptors (Lipinski definition) is 5. The number of hydrogen-bond donors (Lipinski definition) is 3. The topological polar surface area (TPSA) is 104 Å². The van der Waals surface area contributed by atoms with Gasteiger partial charge in [-0.1, -0.05) is 0 Å². The van der Waals surface area contributed by atoms with E-state index in [4.69, 9.17) is 14.8 Å². The molecule has 1 unspecified atom stereocenters. The van der Waals surface area contributed by atoms with E-state index in [9.17, 15) is 8.42 Å². The average Bonchev–Trinajstić information content (AvgIpc) is 1.94. The highest BCUT2D eigenvalue weighted by molar-refractivity contribution is 7.85. The van der Waals surface area contributed by atoms with E-state index in [1.807, 2.05) is 6.11 Å². The van der Waals surface area contributed by atoms with Gasteiger partial charge in [0.15, 0.2) is 0 Å². The summed E-state index contributed by atoms with van der Waals surface area (Å²) in [5.41, 5.74) is 0. The Kier molecular flexibility index (Phi) is 5.41. The normalized spacial score (nSPS) is 12.8. The SMILES string of the molecule is O=S(=O)(O)CC(O)COC#CCO. The predicted molar refractivity (Wildman–Crippen MR) is 43.2 cm³/mol. The molecule has 6 nitrogen and oxygen atoms in total. The fourth-order valence-corrected chi connectivity index (χ4v) is 1.09. The van der Waals surface area contributed by atoms with E-state index < -0.39 is 22.0 Å². The molecule has 0 aromatic carbocycles. The second kappa shape index (κ2) is 5.77. The van der Waals surface area contributed by atoms with Crippen LogP contribution in [-0.4, -0.2) is 48.3 Å².